The molecule has 0 aliphatic carbocycles. The molecule has 3 aromatic rings. The van der Waals surface area contributed by atoms with Crippen molar-refractivity contribution in [2.75, 3.05) is 26.2 Å². The monoisotopic (exact) mass is 481 g/mol. The van der Waals surface area contributed by atoms with Gasteiger partial charge in [0, 0.05) is 31.7 Å². The first-order chi connectivity index (χ1) is 16.3. The average Bonchev–Trinajstić information content (AvgIpc) is 3.24. The molecular weight excluding hydrogens is 446 g/mol. The van der Waals surface area contributed by atoms with Gasteiger partial charge in [0.25, 0.3) is 5.56 Å². The number of H-pyrrole nitrogens is 1. The van der Waals surface area contributed by atoms with Crippen LogP contribution in [0.15, 0.2) is 29.1 Å². The Hall–Kier alpha value is -3.27. The molecule has 1 N–H and O–H groups in total. The summed E-state index contributed by atoms with van der Waals surface area (Å²) in [5.41, 5.74) is 1.31. The standard InChI is InChI=1S/C25H35N7O3/c1-16-9-8-10-17-15-18(22(33)26-19(16)17)20(21-27-28-29-32(21)24(2,3)4)30-11-13-31(14-12-30)23(34)35-25(5,6)7/h8-10,15,20H,11-14H2,1-7H3,(H,26,33). The van der Waals surface area contributed by atoms with E-state index >= 15 is 0 Å². The lowest BCUT2D eigenvalue weighted by Gasteiger charge is -2.39. The van der Waals surface area contributed by atoms with E-state index in [2.05, 4.69) is 25.4 Å². The summed E-state index contributed by atoms with van der Waals surface area (Å²) in [4.78, 5) is 33.0. The first-order valence-corrected chi connectivity index (χ1v) is 12.0. The summed E-state index contributed by atoms with van der Waals surface area (Å²) in [6.07, 6.45) is -0.327. The van der Waals surface area contributed by atoms with Gasteiger partial charge >= 0.3 is 6.09 Å². The van der Waals surface area contributed by atoms with Gasteiger partial charge in [-0.25, -0.2) is 9.48 Å². The molecule has 0 spiro atoms. The van der Waals surface area contributed by atoms with Crippen molar-refractivity contribution in [1.82, 2.24) is 35.0 Å². The number of aryl methyl sites for hydroxylation is 1. The van der Waals surface area contributed by atoms with Crippen molar-refractivity contribution < 1.29 is 9.53 Å². The zero-order valence-corrected chi connectivity index (χ0v) is 21.6. The molecule has 1 saturated heterocycles. The number of tetrazole rings is 1. The predicted octanol–water partition coefficient (Wildman–Crippen LogP) is 3.22. The molecule has 35 heavy (non-hydrogen) atoms. The van der Waals surface area contributed by atoms with Crippen LogP contribution < -0.4 is 5.56 Å². The van der Waals surface area contributed by atoms with Crippen LogP contribution in [-0.4, -0.2) is 72.9 Å². The molecule has 3 heterocycles. The number of para-hydroxylation sites is 1. The third-order valence-corrected chi connectivity index (χ3v) is 6.12. The number of amides is 1. The van der Waals surface area contributed by atoms with E-state index in [1.54, 1.807) is 9.58 Å². The molecular formula is C25H35N7O3. The number of nitrogens with one attached hydrogen (secondary N) is 1. The number of nitrogens with zero attached hydrogens (tertiary/aromatic N) is 6. The largest absolute Gasteiger partial charge is 0.444 e. The number of ether oxygens (including phenoxy) is 1. The van der Waals surface area contributed by atoms with E-state index in [0.717, 1.165) is 16.5 Å². The summed E-state index contributed by atoms with van der Waals surface area (Å²) in [7, 11) is 0. The van der Waals surface area contributed by atoms with Crippen molar-refractivity contribution in [3.05, 3.63) is 51.6 Å². The van der Waals surface area contributed by atoms with E-state index in [1.807, 2.05) is 72.7 Å². The second-order valence-corrected chi connectivity index (χ2v) is 11.1. The minimum atomic E-state index is -0.554. The molecule has 4 rings (SSSR count). The Labute approximate surface area is 205 Å². The lowest BCUT2D eigenvalue weighted by molar-refractivity contribution is 0.0113. The fourth-order valence-corrected chi connectivity index (χ4v) is 4.43. The van der Waals surface area contributed by atoms with Gasteiger partial charge in [0.1, 0.15) is 11.6 Å². The van der Waals surface area contributed by atoms with Gasteiger partial charge in [-0.1, -0.05) is 18.2 Å². The number of benzene rings is 1. The highest BCUT2D eigenvalue weighted by Gasteiger charge is 2.36. The van der Waals surface area contributed by atoms with Crippen LogP contribution in [0.2, 0.25) is 0 Å². The first-order valence-electron chi connectivity index (χ1n) is 12.0. The van der Waals surface area contributed by atoms with E-state index in [1.165, 1.54) is 0 Å². The SMILES string of the molecule is Cc1cccc2cc(C(c3nnnn3C(C)(C)C)N3CCN(C(=O)OC(C)(C)C)CC3)c(=O)[nH]c12. The average molecular weight is 482 g/mol. The zero-order valence-electron chi connectivity index (χ0n) is 21.6. The Bertz CT molecular complexity index is 1270. The highest BCUT2D eigenvalue weighted by molar-refractivity contribution is 5.82. The van der Waals surface area contributed by atoms with Crippen molar-refractivity contribution in [3.63, 3.8) is 0 Å². The summed E-state index contributed by atoms with van der Waals surface area (Å²) < 4.78 is 7.32. The smallest absolute Gasteiger partial charge is 0.410 e. The van der Waals surface area contributed by atoms with Crippen LogP contribution in [0.4, 0.5) is 4.79 Å². The minimum absolute atomic E-state index is 0.171. The Kier molecular flexibility index (Phi) is 6.44. The molecule has 1 atom stereocenters. The molecule has 1 aliphatic heterocycles. The molecule has 2 aromatic heterocycles. The van der Waals surface area contributed by atoms with Crippen molar-refractivity contribution in [2.45, 2.75) is 65.6 Å². The topological polar surface area (TPSA) is 109 Å². The van der Waals surface area contributed by atoms with Crippen molar-refractivity contribution in [2.24, 2.45) is 0 Å². The molecule has 1 amide bonds. The number of aromatic nitrogens is 5. The Morgan fingerprint density at radius 3 is 2.40 bits per heavy atom. The third kappa shape index (κ3) is 5.22. The number of hydrogen-bond donors (Lipinski definition) is 1. The van der Waals surface area contributed by atoms with Crippen LogP contribution in [0.25, 0.3) is 10.9 Å². The van der Waals surface area contributed by atoms with Gasteiger partial charge < -0.3 is 14.6 Å². The molecule has 1 aromatic carbocycles. The lowest BCUT2D eigenvalue weighted by atomic mass is 10.0. The van der Waals surface area contributed by atoms with Gasteiger partial charge in [-0.3, -0.25) is 9.69 Å². The van der Waals surface area contributed by atoms with Gasteiger partial charge in [-0.2, -0.15) is 0 Å². The van der Waals surface area contributed by atoms with Crippen LogP contribution in [-0.2, 0) is 10.3 Å². The van der Waals surface area contributed by atoms with Gasteiger partial charge in [-0.15, -0.1) is 5.10 Å². The number of hydrogen-bond acceptors (Lipinski definition) is 7. The van der Waals surface area contributed by atoms with Crippen LogP contribution in [0.5, 0.6) is 0 Å². The van der Waals surface area contributed by atoms with Crippen LogP contribution in [0.3, 0.4) is 0 Å². The van der Waals surface area contributed by atoms with E-state index in [4.69, 9.17) is 4.74 Å². The molecule has 1 aliphatic rings. The lowest BCUT2D eigenvalue weighted by Crippen LogP contribution is -2.52. The summed E-state index contributed by atoms with van der Waals surface area (Å²) >= 11 is 0. The fourth-order valence-electron chi connectivity index (χ4n) is 4.43. The molecule has 1 unspecified atom stereocenters. The summed E-state index contributed by atoms with van der Waals surface area (Å²) in [6.45, 7) is 15.7. The molecule has 188 valence electrons. The number of rotatable bonds is 3. The highest BCUT2D eigenvalue weighted by Crippen LogP contribution is 2.30. The van der Waals surface area contributed by atoms with E-state index in [9.17, 15) is 9.59 Å². The van der Waals surface area contributed by atoms with E-state index in [-0.39, 0.29) is 17.2 Å². The predicted molar refractivity (Wildman–Crippen MR) is 133 cm³/mol. The van der Waals surface area contributed by atoms with E-state index < -0.39 is 11.6 Å². The number of piperazine rings is 1. The molecule has 0 saturated carbocycles. The fraction of sp³-hybridized carbons (Fsp3) is 0.560. The molecule has 1 fully saturated rings. The molecule has 0 radical (unpaired) electrons. The number of fused-ring (bicyclic) bond motifs is 1. The quantitative estimate of drug-likeness (QED) is 0.612. The maximum Gasteiger partial charge on any atom is 0.410 e. The van der Waals surface area contributed by atoms with E-state index in [0.29, 0.717) is 37.6 Å². The number of aromatic amines is 1. The molecule has 0 bridgehead atoms. The van der Waals surface area contributed by atoms with Crippen molar-refractivity contribution in [1.29, 1.82) is 0 Å². The van der Waals surface area contributed by atoms with Gasteiger partial charge in [0.2, 0.25) is 0 Å². The van der Waals surface area contributed by atoms with Crippen LogP contribution >= 0.6 is 0 Å². The first kappa shape index (κ1) is 24.8. The second kappa shape index (κ2) is 9.07. The Morgan fingerprint density at radius 2 is 1.77 bits per heavy atom. The maximum absolute atomic E-state index is 13.4. The summed E-state index contributed by atoms with van der Waals surface area (Å²) in [6, 6.07) is 7.41. The highest BCUT2D eigenvalue weighted by atomic mass is 16.6. The molecule has 10 nitrogen and oxygen atoms in total. The Balaban J connectivity index is 1.74. The summed E-state index contributed by atoms with van der Waals surface area (Å²) in [5.74, 6) is 0.598. The second-order valence-electron chi connectivity index (χ2n) is 11.1. The van der Waals surface area contributed by atoms with Crippen LogP contribution in [0.1, 0.15) is 64.5 Å². The normalized spacial score (nSPS) is 16.5. The zero-order chi connectivity index (χ0) is 25.5. The Morgan fingerprint density at radius 1 is 1.09 bits per heavy atom. The summed E-state index contributed by atoms with van der Waals surface area (Å²) in [5, 5.41) is 13.5. The number of pyridine rings is 1. The minimum Gasteiger partial charge on any atom is -0.444 e. The van der Waals surface area contributed by atoms with Crippen molar-refractivity contribution >= 4 is 17.0 Å². The third-order valence-electron chi connectivity index (χ3n) is 6.12. The number of carbonyl (C=O) groups is 1. The van der Waals surface area contributed by atoms with Gasteiger partial charge in [0.15, 0.2) is 5.82 Å². The van der Waals surface area contributed by atoms with Gasteiger partial charge in [0.05, 0.1) is 11.1 Å². The van der Waals surface area contributed by atoms with Gasteiger partial charge in [-0.05, 0) is 75.9 Å². The number of carbonyl (C=O) groups excluding carboxylic acids is 1. The van der Waals surface area contributed by atoms with Crippen LogP contribution in [0, 0.1) is 6.92 Å². The van der Waals surface area contributed by atoms with Crippen molar-refractivity contribution in [3.8, 4) is 0 Å². The molecule has 10 heteroatoms. The maximum atomic E-state index is 13.4.